The fraction of sp³-hybridized carbons (Fsp3) is 0.286. The van der Waals surface area contributed by atoms with Gasteiger partial charge in [-0.3, -0.25) is 0 Å². The summed E-state index contributed by atoms with van der Waals surface area (Å²) in [5.41, 5.74) is 1.53. The van der Waals surface area contributed by atoms with Gasteiger partial charge in [0, 0.05) is 37.6 Å². The van der Waals surface area contributed by atoms with E-state index in [1.165, 1.54) is 13.2 Å². The lowest BCUT2D eigenvalue weighted by atomic mass is 10.2. The Morgan fingerprint density at radius 3 is 2.95 bits per heavy atom. The van der Waals surface area contributed by atoms with Crippen LogP contribution in [0.3, 0.4) is 0 Å². The van der Waals surface area contributed by atoms with E-state index in [0.29, 0.717) is 10.3 Å². The maximum atomic E-state index is 13.7. The number of rotatable bonds is 5. The van der Waals surface area contributed by atoms with Crippen molar-refractivity contribution in [3.05, 3.63) is 41.4 Å². The molecule has 0 unspecified atom stereocenters. The van der Waals surface area contributed by atoms with Gasteiger partial charge in [-0.1, -0.05) is 0 Å². The highest BCUT2D eigenvalue weighted by Gasteiger charge is 2.10. The smallest absolute Gasteiger partial charge is 0.178 e. The number of benzene rings is 1. The Bertz CT molecular complexity index is 806. The molecule has 0 amide bonds. The number of hydrogen-bond donors (Lipinski definition) is 1. The first kappa shape index (κ1) is 13.8. The Morgan fingerprint density at radius 2 is 2.24 bits per heavy atom. The molecule has 1 N–H and O–H groups in total. The van der Waals surface area contributed by atoms with Gasteiger partial charge in [-0.2, -0.15) is 0 Å². The monoisotopic (exact) mass is 306 g/mol. The van der Waals surface area contributed by atoms with Crippen LogP contribution >= 0.6 is 12.2 Å². The summed E-state index contributed by atoms with van der Waals surface area (Å²) in [4.78, 5) is 7.03. The van der Waals surface area contributed by atoms with Crippen LogP contribution in [-0.4, -0.2) is 26.2 Å². The van der Waals surface area contributed by atoms with Crippen molar-refractivity contribution < 1.29 is 9.13 Å². The van der Waals surface area contributed by atoms with Gasteiger partial charge in [0.2, 0.25) is 0 Å². The fourth-order valence-electron chi connectivity index (χ4n) is 2.37. The summed E-state index contributed by atoms with van der Waals surface area (Å²) in [7, 11) is 1.45. The minimum Gasteiger partial charge on any atom is -0.494 e. The second kappa shape index (κ2) is 5.69. The van der Waals surface area contributed by atoms with Gasteiger partial charge in [-0.15, -0.1) is 0 Å². The third-order valence-corrected chi connectivity index (χ3v) is 3.73. The molecule has 0 saturated heterocycles. The number of fused-ring (bicyclic) bond motifs is 1. The molecular weight excluding hydrogens is 291 g/mol. The third kappa shape index (κ3) is 2.69. The van der Waals surface area contributed by atoms with Crippen LogP contribution in [0.25, 0.3) is 11.0 Å². The van der Waals surface area contributed by atoms with Gasteiger partial charge in [0.1, 0.15) is 0 Å². The second-order valence-corrected chi connectivity index (χ2v) is 5.13. The van der Waals surface area contributed by atoms with Crippen molar-refractivity contribution in [2.45, 2.75) is 19.5 Å². The van der Waals surface area contributed by atoms with E-state index in [9.17, 15) is 4.39 Å². The predicted molar refractivity (Wildman–Crippen MR) is 80.5 cm³/mol. The highest BCUT2D eigenvalue weighted by atomic mass is 32.1. The molecule has 2 heterocycles. The van der Waals surface area contributed by atoms with E-state index in [0.717, 1.165) is 25.0 Å². The third-order valence-electron chi connectivity index (χ3n) is 3.40. The topological polar surface area (TPSA) is 47.8 Å². The molecule has 0 radical (unpaired) electrons. The lowest BCUT2D eigenvalue weighted by Crippen LogP contribution is -2.03. The molecule has 0 aliphatic carbocycles. The summed E-state index contributed by atoms with van der Waals surface area (Å²) >= 11 is 5.31. The number of ether oxygens (including phenoxy) is 1. The van der Waals surface area contributed by atoms with Crippen molar-refractivity contribution >= 4 is 23.3 Å². The number of hydrogen-bond acceptors (Lipinski definition) is 3. The maximum Gasteiger partial charge on any atom is 0.178 e. The van der Waals surface area contributed by atoms with Crippen LogP contribution in [0.5, 0.6) is 5.75 Å². The van der Waals surface area contributed by atoms with E-state index in [-0.39, 0.29) is 5.75 Å². The summed E-state index contributed by atoms with van der Waals surface area (Å²) < 4.78 is 23.3. The van der Waals surface area contributed by atoms with Crippen molar-refractivity contribution in [2.24, 2.45) is 0 Å². The zero-order chi connectivity index (χ0) is 14.8. The normalized spacial score (nSPS) is 11.1. The Balaban J connectivity index is 1.87. The van der Waals surface area contributed by atoms with Gasteiger partial charge in [0.15, 0.2) is 16.3 Å². The van der Waals surface area contributed by atoms with E-state index in [4.69, 9.17) is 17.0 Å². The average molecular weight is 306 g/mol. The number of nitrogens with zero attached hydrogens (tertiary/aromatic N) is 3. The van der Waals surface area contributed by atoms with Gasteiger partial charge in [0.25, 0.3) is 0 Å². The molecule has 2 aromatic heterocycles. The first-order chi connectivity index (χ1) is 10.2. The van der Waals surface area contributed by atoms with Crippen LogP contribution in [0.4, 0.5) is 4.39 Å². The van der Waals surface area contributed by atoms with Crippen LogP contribution in [-0.2, 0) is 13.1 Å². The van der Waals surface area contributed by atoms with Gasteiger partial charge in [-0.05, 0) is 18.6 Å². The summed E-state index contributed by atoms with van der Waals surface area (Å²) in [5.74, 6) is -0.174. The number of nitrogens with one attached hydrogen (secondary N) is 1. The number of aromatic nitrogens is 4. The molecule has 21 heavy (non-hydrogen) atoms. The molecule has 0 aliphatic heterocycles. The van der Waals surface area contributed by atoms with Crippen molar-refractivity contribution in [1.82, 2.24) is 19.1 Å². The molecule has 5 nitrogen and oxygen atoms in total. The number of methoxy groups -OCH3 is 1. The highest BCUT2D eigenvalue weighted by molar-refractivity contribution is 7.71. The number of aryl methyl sites for hydroxylation is 2. The van der Waals surface area contributed by atoms with E-state index < -0.39 is 5.82 Å². The zero-order valence-electron chi connectivity index (χ0n) is 11.5. The fourth-order valence-corrected chi connectivity index (χ4v) is 2.67. The van der Waals surface area contributed by atoms with E-state index in [1.54, 1.807) is 18.6 Å². The Morgan fingerprint density at radius 1 is 1.38 bits per heavy atom. The van der Waals surface area contributed by atoms with Gasteiger partial charge >= 0.3 is 0 Å². The van der Waals surface area contributed by atoms with E-state index in [2.05, 4.69) is 9.97 Å². The zero-order valence-corrected chi connectivity index (χ0v) is 12.4. The number of halogens is 1. The Labute approximate surface area is 126 Å². The number of H-pyrrole nitrogens is 1. The molecule has 0 aliphatic rings. The summed E-state index contributed by atoms with van der Waals surface area (Å²) in [6.07, 6.45) is 6.36. The number of aromatic amines is 1. The minimum absolute atomic E-state index is 0.222. The van der Waals surface area contributed by atoms with Crippen LogP contribution in [0, 0.1) is 10.6 Å². The highest BCUT2D eigenvalue weighted by Crippen LogP contribution is 2.24. The van der Waals surface area contributed by atoms with Crippen molar-refractivity contribution in [2.75, 3.05) is 7.11 Å². The molecule has 3 rings (SSSR count). The van der Waals surface area contributed by atoms with Crippen molar-refractivity contribution in [1.29, 1.82) is 0 Å². The molecule has 0 spiro atoms. The van der Waals surface area contributed by atoms with Crippen LogP contribution in [0.1, 0.15) is 6.42 Å². The van der Waals surface area contributed by atoms with Crippen LogP contribution < -0.4 is 4.74 Å². The van der Waals surface area contributed by atoms with Gasteiger partial charge in [-0.25, -0.2) is 9.37 Å². The van der Waals surface area contributed by atoms with Gasteiger partial charge < -0.3 is 18.9 Å². The predicted octanol–water partition coefficient (Wildman–Crippen LogP) is 3.13. The van der Waals surface area contributed by atoms with Crippen LogP contribution in [0.15, 0.2) is 30.9 Å². The average Bonchev–Trinajstić information content (AvgIpc) is 3.07. The molecular formula is C14H15FN4OS. The molecule has 0 bridgehead atoms. The first-order valence-electron chi connectivity index (χ1n) is 6.61. The quantitative estimate of drug-likeness (QED) is 0.737. The lowest BCUT2D eigenvalue weighted by molar-refractivity contribution is 0.387. The minimum atomic E-state index is -0.396. The van der Waals surface area contributed by atoms with Crippen molar-refractivity contribution in [3.8, 4) is 5.75 Å². The summed E-state index contributed by atoms with van der Waals surface area (Å²) in [5, 5.41) is 0. The molecule has 3 aromatic rings. The number of imidazole rings is 2. The molecule has 0 fully saturated rings. The maximum absolute atomic E-state index is 13.7. The Hall–Kier alpha value is -2.15. The summed E-state index contributed by atoms with van der Waals surface area (Å²) in [6, 6.07) is 3.09. The second-order valence-electron chi connectivity index (χ2n) is 4.74. The molecule has 0 saturated carbocycles. The SMILES string of the molecule is COc1cc2c(cc1F)[nH]c(=S)n2CCCn1ccnc1. The first-order valence-corrected chi connectivity index (χ1v) is 7.01. The standard InChI is InChI=1S/C14H15FN4OS/c1-20-13-8-12-11(7-10(13)15)17-14(21)19(12)5-2-4-18-6-3-16-9-18/h3,6-9H,2,4-5H2,1H3,(H,17,21). The molecule has 7 heteroatoms. The largest absolute Gasteiger partial charge is 0.494 e. The van der Waals surface area contributed by atoms with E-state index in [1.807, 2.05) is 15.3 Å². The van der Waals surface area contributed by atoms with E-state index >= 15 is 0 Å². The van der Waals surface area contributed by atoms with Crippen LogP contribution in [0.2, 0.25) is 0 Å². The lowest BCUT2D eigenvalue weighted by Gasteiger charge is -2.07. The van der Waals surface area contributed by atoms with Gasteiger partial charge in [0.05, 0.1) is 24.5 Å². The molecule has 1 aromatic carbocycles. The molecule has 0 atom stereocenters. The molecule has 110 valence electrons. The summed E-state index contributed by atoms with van der Waals surface area (Å²) in [6.45, 7) is 1.60. The van der Waals surface area contributed by atoms with Crippen molar-refractivity contribution in [3.63, 3.8) is 0 Å². The Kier molecular flexibility index (Phi) is 3.74.